The van der Waals surface area contributed by atoms with Crippen molar-refractivity contribution < 1.29 is 0 Å². The van der Waals surface area contributed by atoms with Crippen LogP contribution in [0.3, 0.4) is 0 Å². The molecule has 0 amide bonds. The molecule has 3 heteroatoms. The highest BCUT2D eigenvalue weighted by Gasteiger charge is 2.00. The van der Waals surface area contributed by atoms with E-state index in [9.17, 15) is 0 Å². The van der Waals surface area contributed by atoms with E-state index in [1.54, 1.807) is 0 Å². The van der Waals surface area contributed by atoms with Crippen LogP contribution in [0.4, 0.5) is 0 Å². The van der Waals surface area contributed by atoms with Crippen molar-refractivity contribution in [1.82, 2.24) is 15.3 Å². The molecule has 0 radical (unpaired) electrons. The Kier molecular flexibility index (Phi) is 3.47. The lowest BCUT2D eigenvalue weighted by Gasteiger charge is -2.07. The summed E-state index contributed by atoms with van der Waals surface area (Å²) >= 11 is 0. The summed E-state index contributed by atoms with van der Waals surface area (Å²) < 4.78 is 0. The van der Waals surface area contributed by atoms with Crippen LogP contribution in [-0.4, -0.2) is 9.97 Å². The number of rotatable bonds is 4. The van der Waals surface area contributed by atoms with Gasteiger partial charge < -0.3 is 5.32 Å². The number of nitrogens with one attached hydrogen (secondary N) is 1. The number of benzene rings is 1. The number of nitrogens with zero attached hydrogens (tertiary/aromatic N) is 2. The zero-order valence-corrected chi connectivity index (χ0v) is 10.6. The van der Waals surface area contributed by atoms with Gasteiger partial charge >= 0.3 is 0 Å². The normalized spacial score (nSPS) is 10.7. The van der Waals surface area contributed by atoms with Crippen molar-refractivity contribution >= 4 is 10.8 Å². The Morgan fingerprint density at radius 2 is 1.79 bits per heavy atom. The van der Waals surface area contributed by atoms with Gasteiger partial charge in [0, 0.05) is 37.1 Å². The summed E-state index contributed by atoms with van der Waals surface area (Å²) in [6.45, 7) is 1.56. The van der Waals surface area contributed by atoms with Crippen LogP contribution in [0.5, 0.6) is 0 Å². The molecular formula is C16H15N3. The van der Waals surface area contributed by atoms with Crippen LogP contribution in [0, 0.1) is 0 Å². The van der Waals surface area contributed by atoms with Crippen molar-refractivity contribution in [2.45, 2.75) is 13.1 Å². The molecule has 0 saturated heterocycles. The molecule has 19 heavy (non-hydrogen) atoms. The fraction of sp³-hybridized carbons (Fsp3) is 0.125. The Bertz CT molecular complexity index is 660. The molecule has 1 aromatic carbocycles. The third-order valence-electron chi connectivity index (χ3n) is 3.10. The summed E-state index contributed by atoms with van der Waals surface area (Å²) in [5.74, 6) is 0. The Morgan fingerprint density at radius 1 is 0.895 bits per heavy atom. The lowest BCUT2D eigenvalue weighted by molar-refractivity contribution is 0.681. The second-order valence-corrected chi connectivity index (χ2v) is 4.44. The van der Waals surface area contributed by atoms with E-state index in [1.807, 2.05) is 42.9 Å². The number of hydrogen-bond donors (Lipinski definition) is 1. The van der Waals surface area contributed by atoms with Gasteiger partial charge in [-0.25, -0.2) is 0 Å². The van der Waals surface area contributed by atoms with Crippen LogP contribution < -0.4 is 5.32 Å². The van der Waals surface area contributed by atoms with Crippen molar-refractivity contribution in [2.24, 2.45) is 0 Å². The van der Waals surface area contributed by atoms with E-state index >= 15 is 0 Å². The SMILES string of the molecule is c1ccc(CNCc2cncc3ccccc23)nc1. The van der Waals surface area contributed by atoms with Crippen LogP contribution >= 0.6 is 0 Å². The predicted molar refractivity (Wildman–Crippen MR) is 76.5 cm³/mol. The molecule has 3 rings (SSSR count). The summed E-state index contributed by atoms with van der Waals surface area (Å²) in [5, 5.41) is 5.84. The van der Waals surface area contributed by atoms with Crippen LogP contribution in [0.25, 0.3) is 10.8 Å². The second kappa shape index (κ2) is 5.59. The summed E-state index contributed by atoms with van der Waals surface area (Å²) in [6, 6.07) is 14.3. The van der Waals surface area contributed by atoms with E-state index in [1.165, 1.54) is 16.3 Å². The van der Waals surface area contributed by atoms with Crippen LogP contribution in [0.2, 0.25) is 0 Å². The summed E-state index contributed by atoms with van der Waals surface area (Å²) in [6.07, 6.45) is 5.64. The van der Waals surface area contributed by atoms with Gasteiger partial charge in [-0.2, -0.15) is 0 Å². The van der Waals surface area contributed by atoms with Gasteiger partial charge in [-0.1, -0.05) is 30.3 Å². The molecule has 2 aromatic heterocycles. The summed E-state index contributed by atoms with van der Waals surface area (Å²) in [5.41, 5.74) is 2.27. The van der Waals surface area contributed by atoms with Crippen LogP contribution in [0.15, 0.2) is 61.1 Å². The van der Waals surface area contributed by atoms with Crippen molar-refractivity contribution in [3.05, 3.63) is 72.3 Å². The molecule has 3 aromatic rings. The first kappa shape index (κ1) is 11.8. The first-order chi connectivity index (χ1) is 9.43. The number of aromatic nitrogens is 2. The molecule has 0 spiro atoms. The lowest BCUT2D eigenvalue weighted by atomic mass is 10.1. The molecule has 0 bridgehead atoms. The highest BCUT2D eigenvalue weighted by molar-refractivity contribution is 5.84. The highest BCUT2D eigenvalue weighted by atomic mass is 14.9. The average molecular weight is 249 g/mol. The zero-order chi connectivity index (χ0) is 12.9. The van der Waals surface area contributed by atoms with Gasteiger partial charge in [0.05, 0.1) is 5.69 Å². The first-order valence-electron chi connectivity index (χ1n) is 6.36. The fourth-order valence-corrected chi connectivity index (χ4v) is 2.15. The predicted octanol–water partition coefficient (Wildman–Crippen LogP) is 2.92. The van der Waals surface area contributed by atoms with Gasteiger partial charge in [0.25, 0.3) is 0 Å². The molecule has 0 fully saturated rings. The van der Waals surface area contributed by atoms with Gasteiger partial charge in [0.15, 0.2) is 0 Å². The van der Waals surface area contributed by atoms with E-state index in [0.717, 1.165) is 18.8 Å². The lowest BCUT2D eigenvalue weighted by Crippen LogP contribution is -2.13. The van der Waals surface area contributed by atoms with E-state index < -0.39 is 0 Å². The van der Waals surface area contributed by atoms with Crippen molar-refractivity contribution in [1.29, 1.82) is 0 Å². The molecule has 0 unspecified atom stereocenters. The third-order valence-corrected chi connectivity index (χ3v) is 3.10. The van der Waals surface area contributed by atoms with Crippen LogP contribution in [0.1, 0.15) is 11.3 Å². The first-order valence-corrected chi connectivity index (χ1v) is 6.36. The maximum atomic E-state index is 4.29. The molecule has 2 heterocycles. The molecule has 0 atom stereocenters. The Hall–Kier alpha value is -2.26. The van der Waals surface area contributed by atoms with Crippen molar-refractivity contribution in [3.8, 4) is 0 Å². The number of fused-ring (bicyclic) bond motifs is 1. The minimum absolute atomic E-state index is 0.768. The van der Waals surface area contributed by atoms with Gasteiger partial charge in [-0.05, 0) is 23.1 Å². The Morgan fingerprint density at radius 3 is 2.68 bits per heavy atom. The van der Waals surface area contributed by atoms with E-state index in [-0.39, 0.29) is 0 Å². The van der Waals surface area contributed by atoms with E-state index in [4.69, 9.17) is 0 Å². The van der Waals surface area contributed by atoms with Crippen molar-refractivity contribution in [3.63, 3.8) is 0 Å². The topological polar surface area (TPSA) is 37.8 Å². The molecule has 0 aliphatic heterocycles. The monoisotopic (exact) mass is 249 g/mol. The molecule has 0 aliphatic carbocycles. The maximum absolute atomic E-state index is 4.29. The van der Waals surface area contributed by atoms with Gasteiger partial charge in [0.2, 0.25) is 0 Å². The number of hydrogen-bond acceptors (Lipinski definition) is 3. The Labute approximate surface area is 112 Å². The fourth-order valence-electron chi connectivity index (χ4n) is 2.15. The summed E-state index contributed by atoms with van der Waals surface area (Å²) in [7, 11) is 0. The smallest absolute Gasteiger partial charge is 0.0541 e. The van der Waals surface area contributed by atoms with Crippen LogP contribution in [-0.2, 0) is 13.1 Å². The molecule has 1 N–H and O–H groups in total. The average Bonchev–Trinajstić information content (AvgIpc) is 2.49. The number of pyridine rings is 2. The maximum Gasteiger partial charge on any atom is 0.0541 e. The molecular weight excluding hydrogens is 234 g/mol. The minimum Gasteiger partial charge on any atom is -0.307 e. The second-order valence-electron chi connectivity index (χ2n) is 4.44. The quantitative estimate of drug-likeness (QED) is 0.772. The Balaban J connectivity index is 1.72. The standard InChI is InChI=1S/C16H15N3/c1-2-7-16-13(5-1)9-17-10-14(16)11-18-12-15-6-3-4-8-19-15/h1-10,18H,11-12H2. The summed E-state index contributed by atoms with van der Waals surface area (Å²) in [4.78, 5) is 8.58. The largest absolute Gasteiger partial charge is 0.307 e. The zero-order valence-electron chi connectivity index (χ0n) is 10.6. The van der Waals surface area contributed by atoms with E-state index in [2.05, 4.69) is 33.5 Å². The highest BCUT2D eigenvalue weighted by Crippen LogP contribution is 2.16. The minimum atomic E-state index is 0.768. The molecule has 94 valence electrons. The van der Waals surface area contributed by atoms with Crippen molar-refractivity contribution in [2.75, 3.05) is 0 Å². The van der Waals surface area contributed by atoms with E-state index in [0.29, 0.717) is 0 Å². The van der Waals surface area contributed by atoms with Gasteiger partial charge in [-0.15, -0.1) is 0 Å². The van der Waals surface area contributed by atoms with Gasteiger partial charge in [0.1, 0.15) is 0 Å². The third kappa shape index (κ3) is 2.77. The molecule has 0 saturated carbocycles. The molecule has 0 aliphatic rings. The molecule has 3 nitrogen and oxygen atoms in total. The van der Waals surface area contributed by atoms with Gasteiger partial charge in [-0.3, -0.25) is 9.97 Å².